The van der Waals surface area contributed by atoms with Crippen LogP contribution in [0.25, 0.3) is 0 Å². The van der Waals surface area contributed by atoms with E-state index in [4.69, 9.17) is 5.11 Å². The fourth-order valence-electron chi connectivity index (χ4n) is 1.68. The fourth-order valence-corrected chi connectivity index (χ4v) is 3.06. The minimum Gasteiger partial charge on any atom is -0.481 e. The number of aliphatic carboxylic acids is 1. The van der Waals surface area contributed by atoms with E-state index in [1.807, 2.05) is 0 Å². The Hall–Kier alpha value is -1.41. The van der Waals surface area contributed by atoms with E-state index in [-0.39, 0.29) is 31.3 Å². The van der Waals surface area contributed by atoms with E-state index in [1.54, 1.807) is 26.1 Å². The lowest BCUT2D eigenvalue weighted by molar-refractivity contribution is -0.138. The summed E-state index contributed by atoms with van der Waals surface area (Å²) in [7, 11) is 1.55. The maximum Gasteiger partial charge on any atom is 0.305 e. The van der Waals surface area contributed by atoms with Crippen LogP contribution in [-0.2, 0) is 9.59 Å². The number of carboxylic acid groups (broad SMARTS) is 1. The smallest absolute Gasteiger partial charge is 0.305 e. The summed E-state index contributed by atoms with van der Waals surface area (Å²) in [6, 6.07) is 3.47. The third-order valence-electron chi connectivity index (χ3n) is 2.83. The summed E-state index contributed by atoms with van der Waals surface area (Å²) >= 11 is 4.59. The molecule has 1 heterocycles. The van der Waals surface area contributed by atoms with E-state index in [9.17, 15) is 14.4 Å². The summed E-state index contributed by atoms with van der Waals surface area (Å²) in [5.74, 6) is -1.44. The summed E-state index contributed by atoms with van der Waals surface area (Å²) in [6.45, 7) is 2.27. The molecule has 0 aliphatic heterocycles. The summed E-state index contributed by atoms with van der Waals surface area (Å²) in [6.07, 6.45) is -0.102. The van der Waals surface area contributed by atoms with Crippen LogP contribution in [0.1, 0.15) is 23.0 Å². The molecule has 1 N–H and O–H groups in total. The molecule has 0 unspecified atom stereocenters. The predicted molar refractivity (Wildman–Crippen MR) is 83.5 cm³/mol. The van der Waals surface area contributed by atoms with Crippen molar-refractivity contribution in [3.05, 3.63) is 20.8 Å². The topological polar surface area (TPSA) is 77.9 Å². The molecule has 2 amide bonds. The molecule has 0 radical (unpaired) electrons. The highest BCUT2D eigenvalue weighted by Gasteiger charge is 2.20. The zero-order valence-corrected chi connectivity index (χ0v) is 14.2. The zero-order valence-electron chi connectivity index (χ0n) is 11.8. The van der Waals surface area contributed by atoms with E-state index >= 15 is 0 Å². The van der Waals surface area contributed by atoms with E-state index in [1.165, 1.54) is 21.1 Å². The molecule has 0 atom stereocenters. The lowest BCUT2D eigenvalue weighted by atomic mass is 10.3. The first-order valence-corrected chi connectivity index (χ1v) is 7.96. The molecule has 0 saturated heterocycles. The molecule has 8 heteroatoms. The Kier molecular flexibility index (Phi) is 6.83. The predicted octanol–water partition coefficient (Wildman–Crippen LogP) is 1.91. The van der Waals surface area contributed by atoms with Crippen LogP contribution in [0, 0.1) is 0 Å². The molecular formula is C13H17BrN2O4S. The van der Waals surface area contributed by atoms with E-state index in [0.717, 1.165) is 3.79 Å². The second-order valence-corrected chi connectivity index (χ2v) is 6.85. The molecule has 116 valence electrons. The Morgan fingerprint density at radius 1 is 1.33 bits per heavy atom. The first-order valence-electron chi connectivity index (χ1n) is 6.35. The van der Waals surface area contributed by atoms with Crippen LogP contribution < -0.4 is 0 Å². The Morgan fingerprint density at radius 3 is 2.48 bits per heavy atom. The van der Waals surface area contributed by atoms with Gasteiger partial charge in [0, 0.05) is 20.1 Å². The van der Waals surface area contributed by atoms with Gasteiger partial charge in [-0.05, 0) is 35.0 Å². The second kappa shape index (κ2) is 8.14. The average molecular weight is 377 g/mol. The van der Waals surface area contributed by atoms with Crippen LogP contribution in [-0.4, -0.2) is 59.4 Å². The molecule has 0 aromatic carbocycles. The number of hydrogen-bond donors (Lipinski definition) is 1. The highest BCUT2D eigenvalue weighted by molar-refractivity contribution is 9.11. The van der Waals surface area contributed by atoms with Crippen molar-refractivity contribution in [2.45, 2.75) is 13.3 Å². The van der Waals surface area contributed by atoms with Gasteiger partial charge in [-0.3, -0.25) is 14.4 Å². The molecule has 21 heavy (non-hydrogen) atoms. The third-order valence-corrected chi connectivity index (χ3v) is 4.44. The van der Waals surface area contributed by atoms with E-state index in [2.05, 4.69) is 15.9 Å². The van der Waals surface area contributed by atoms with Crippen molar-refractivity contribution in [1.82, 2.24) is 9.80 Å². The van der Waals surface area contributed by atoms with Crippen LogP contribution in [0.2, 0.25) is 0 Å². The van der Waals surface area contributed by atoms with Gasteiger partial charge in [-0.25, -0.2) is 0 Å². The molecule has 0 aliphatic rings. The van der Waals surface area contributed by atoms with Gasteiger partial charge in [0.15, 0.2) is 0 Å². The number of amides is 2. The number of likely N-dealkylation sites (N-methyl/N-ethyl adjacent to an activating group) is 2. The van der Waals surface area contributed by atoms with Crippen molar-refractivity contribution in [2.24, 2.45) is 0 Å². The molecule has 0 bridgehead atoms. The van der Waals surface area contributed by atoms with Gasteiger partial charge in [-0.15, -0.1) is 11.3 Å². The van der Waals surface area contributed by atoms with Crippen molar-refractivity contribution >= 4 is 45.1 Å². The van der Waals surface area contributed by atoms with Gasteiger partial charge < -0.3 is 14.9 Å². The SMILES string of the molecule is CCN(CCC(=O)O)C(=O)CN(C)C(=O)c1ccc(Br)s1. The average Bonchev–Trinajstić information content (AvgIpc) is 2.84. The largest absolute Gasteiger partial charge is 0.481 e. The van der Waals surface area contributed by atoms with Crippen LogP contribution in [0.4, 0.5) is 0 Å². The van der Waals surface area contributed by atoms with Crippen molar-refractivity contribution < 1.29 is 19.5 Å². The molecule has 1 aromatic heterocycles. The van der Waals surface area contributed by atoms with Gasteiger partial charge in [0.25, 0.3) is 5.91 Å². The number of carbonyl (C=O) groups is 3. The normalized spacial score (nSPS) is 10.2. The maximum absolute atomic E-state index is 12.1. The van der Waals surface area contributed by atoms with Gasteiger partial charge in [-0.1, -0.05) is 0 Å². The number of carboxylic acids is 1. The lowest BCUT2D eigenvalue weighted by Gasteiger charge is -2.23. The number of hydrogen-bond acceptors (Lipinski definition) is 4. The molecule has 1 rings (SSSR count). The Bertz CT molecular complexity index is 532. The van der Waals surface area contributed by atoms with Crippen LogP contribution in [0.5, 0.6) is 0 Å². The van der Waals surface area contributed by atoms with E-state index in [0.29, 0.717) is 11.4 Å². The summed E-state index contributed by atoms with van der Waals surface area (Å²) in [4.78, 5) is 38.1. The fraction of sp³-hybridized carbons (Fsp3) is 0.462. The first kappa shape index (κ1) is 17.6. The minimum absolute atomic E-state index is 0.0676. The molecule has 0 saturated carbocycles. The van der Waals surface area contributed by atoms with Crippen LogP contribution >= 0.6 is 27.3 Å². The molecular weight excluding hydrogens is 360 g/mol. The van der Waals surface area contributed by atoms with Crippen LogP contribution in [0.15, 0.2) is 15.9 Å². The number of carbonyl (C=O) groups excluding carboxylic acids is 2. The Morgan fingerprint density at radius 2 is 2.00 bits per heavy atom. The minimum atomic E-state index is -0.950. The molecule has 0 spiro atoms. The van der Waals surface area contributed by atoms with Gasteiger partial charge in [0.2, 0.25) is 5.91 Å². The number of halogens is 1. The lowest BCUT2D eigenvalue weighted by Crippen LogP contribution is -2.41. The third kappa shape index (κ3) is 5.47. The highest BCUT2D eigenvalue weighted by Crippen LogP contribution is 2.23. The van der Waals surface area contributed by atoms with Gasteiger partial charge in [0.1, 0.15) is 0 Å². The quantitative estimate of drug-likeness (QED) is 0.788. The summed E-state index contributed by atoms with van der Waals surface area (Å²) < 4.78 is 0.849. The molecule has 0 fully saturated rings. The number of thiophene rings is 1. The Labute approximate surface area is 135 Å². The molecule has 0 aliphatic carbocycles. The number of rotatable bonds is 7. The van der Waals surface area contributed by atoms with Gasteiger partial charge in [-0.2, -0.15) is 0 Å². The van der Waals surface area contributed by atoms with Gasteiger partial charge >= 0.3 is 5.97 Å². The summed E-state index contributed by atoms with van der Waals surface area (Å²) in [5.41, 5.74) is 0. The summed E-state index contributed by atoms with van der Waals surface area (Å²) in [5, 5.41) is 8.66. The van der Waals surface area contributed by atoms with Crippen molar-refractivity contribution in [1.29, 1.82) is 0 Å². The van der Waals surface area contributed by atoms with Crippen molar-refractivity contribution in [3.63, 3.8) is 0 Å². The molecule has 6 nitrogen and oxygen atoms in total. The second-order valence-electron chi connectivity index (χ2n) is 4.38. The van der Waals surface area contributed by atoms with Crippen molar-refractivity contribution in [2.75, 3.05) is 26.7 Å². The standard InChI is InChI=1S/C13H17BrN2O4S/c1-3-16(7-6-12(18)19)11(17)8-15(2)13(20)9-4-5-10(14)21-9/h4-5H,3,6-8H2,1-2H3,(H,18,19). The van der Waals surface area contributed by atoms with Gasteiger partial charge in [0.05, 0.1) is 21.6 Å². The first-order chi connectivity index (χ1) is 9.85. The maximum atomic E-state index is 12.1. The number of nitrogens with zero attached hydrogens (tertiary/aromatic N) is 2. The monoisotopic (exact) mass is 376 g/mol. The van der Waals surface area contributed by atoms with E-state index < -0.39 is 5.97 Å². The zero-order chi connectivity index (χ0) is 16.0. The van der Waals surface area contributed by atoms with Crippen LogP contribution in [0.3, 0.4) is 0 Å². The Balaban J connectivity index is 2.59. The van der Waals surface area contributed by atoms with Crippen molar-refractivity contribution in [3.8, 4) is 0 Å². The highest BCUT2D eigenvalue weighted by atomic mass is 79.9. The molecule has 1 aromatic rings.